The number of anilines is 1. The maximum atomic E-state index is 5.23. The van der Waals surface area contributed by atoms with Crippen LogP contribution >= 0.6 is 0 Å². The monoisotopic (exact) mass is 271 g/mol. The van der Waals surface area contributed by atoms with E-state index in [4.69, 9.17) is 9.84 Å². The number of nitrogens with one attached hydrogen (secondary N) is 1. The highest BCUT2D eigenvalue weighted by molar-refractivity contribution is 5.42. The third-order valence-corrected chi connectivity index (χ3v) is 3.87. The molecule has 3 rings (SSSR count). The molecule has 106 valence electrons. The number of benzene rings is 1. The second-order valence-electron chi connectivity index (χ2n) is 5.56. The van der Waals surface area contributed by atoms with Gasteiger partial charge in [0.15, 0.2) is 0 Å². The Labute approximate surface area is 119 Å². The summed E-state index contributed by atoms with van der Waals surface area (Å²) < 4.78 is 7.35. The number of methoxy groups -OCH3 is 1. The van der Waals surface area contributed by atoms with Crippen LogP contribution in [0.3, 0.4) is 0 Å². The summed E-state index contributed by atoms with van der Waals surface area (Å²) in [6, 6.07) is 10.8. The molecule has 1 N–H and O–H groups in total. The van der Waals surface area contributed by atoms with Gasteiger partial charge in [-0.3, -0.25) is 0 Å². The van der Waals surface area contributed by atoms with Crippen molar-refractivity contribution >= 4 is 5.82 Å². The first kappa shape index (κ1) is 13.0. The molecule has 1 unspecified atom stereocenters. The molecule has 0 amide bonds. The first-order valence-electron chi connectivity index (χ1n) is 7.16. The summed E-state index contributed by atoms with van der Waals surface area (Å²) in [6.45, 7) is 5.34. The third kappa shape index (κ3) is 2.26. The van der Waals surface area contributed by atoms with Crippen LogP contribution in [0.4, 0.5) is 5.82 Å². The molecule has 4 heteroatoms. The Bertz CT molecular complexity index is 586. The zero-order valence-electron chi connectivity index (χ0n) is 12.3. The van der Waals surface area contributed by atoms with Crippen molar-refractivity contribution in [3.8, 4) is 5.75 Å². The molecular weight excluding hydrogens is 250 g/mol. The molecule has 1 aliphatic heterocycles. The molecular formula is C16H21N3O. The molecule has 0 saturated heterocycles. The number of rotatable bonds is 3. The fourth-order valence-electron chi connectivity index (χ4n) is 2.66. The molecule has 2 aromatic rings. The van der Waals surface area contributed by atoms with Crippen molar-refractivity contribution in [1.82, 2.24) is 9.78 Å². The number of fused-ring (bicyclic) bond motifs is 1. The number of hydrogen-bond acceptors (Lipinski definition) is 3. The van der Waals surface area contributed by atoms with E-state index in [1.807, 2.05) is 12.1 Å². The van der Waals surface area contributed by atoms with Gasteiger partial charge in [0.2, 0.25) is 0 Å². The summed E-state index contributed by atoms with van der Waals surface area (Å²) in [5, 5.41) is 8.21. The van der Waals surface area contributed by atoms with E-state index in [-0.39, 0.29) is 0 Å². The smallest absolute Gasteiger partial charge is 0.125 e. The van der Waals surface area contributed by atoms with Gasteiger partial charge in [0, 0.05) is 12.6 Å². The highest BCUT2D eigenvalue weighted by Crippen LogP contribution is 2.32. The molecule has 0 fully saturated rings. The van der Waals surface area contributed by atoms with Crippen LogP contribution in [0, 0.1) is 0 Å². The molecule has 1 aromatic heterocycles. The summed E-state index contributed by atoms with van der Waals surface area (Å²) in [6.07, 6.45) is 1.05. The van der Waals surface area contributed by atoms with Crippen molar-refractivity contribution < 1.29 is 4.74 Å². The quantitative estimate of drug-likeness (QED) is 0.929. The average Bonchev–Trinajstić information content (AvgIpc) is 2.91. The Kier molecular flexibility index (Phi) is 3.38. The largest absolute Gasteiger partial charge is 0.497 e. The first-order chi connectivity index (χ1) is 9.69. The normalized spacial score (nSPS) is 17.7. The van der Waals surface area contributed by atoms with Gasteiger partial charge in [-0.1, -0.05) is 26.0 Å². The SMILES string of the molecule is COc1ccc(C2CCNc3cc(C(C)C)nn32)cc1. The van der Waals surface area contributed by atoms with Gasteiger partial charge in [-0.05, 0) is 30.0 Å². The summed E-state index contributed by atoms with van der Waals surface area (Å²) in [7, 11) is 1.69. The molecule has 20 heavy (non-hydrogen) atoms. The molecule has 4 nitrogen and oxygen atoms in total. The minimum Gasteiger partial charge on any atom is -0.497 e. The van der Waals surface area contributed by atoms with E-state index in [9.17, 15) is 0 Å². The zero-order chi connectivity index (χ0) is 14.1. The van der Waals surface area contributed by atoms with E-state index in [0.717, 1.165) is 30.2 Å². The van der Waals surface area contributed by atoms with E-state index in [0.29, 0.717) is 12.0 Å². The summed E-state index contributed by atoms with van der Waals surface area (Å²) in [5.74, 6) is 2.47. The van der Waals surface area contributed by atoms with Crippen LogP contribution in [-0.2, 0) is 0 Å². The maximum Gasteiger partial charge on any atom is 0.125 e. The van der Waals surface area contributed by atoms with E-state index >= 15 is 0 Å². The van der Waals surface area contributed by atoms with Gasteiger partial charge in [-0.25, -0.2) is 4.68 Å². The predicted octanol–water partition coefficient (Wildman–Crippen LogP) is 3.42. The second kappa shape index (κ2) is 5.19. The van der Waals surface area contributed by atoms with Crippen LogP contribution in [0.1, 0.15) is 43.5 Å². The first-order valence-corrected chi connectivity index (χ1v) is 7.16. The Morgan fingerprint density at radius 1 is 1.30 bits per heavy atom. The van der Waals surface area contributed by atoms with Crippen molar-refractivity contribution in [2.45, 2.75) is 32.2 Å². The van der Waals surface area contributed by atoms with Gasteiger partial charge in [-0.15, -0.1) is 0 Å². The molecule has 0 spiro atoms. The molecule has 0 bridgehead atoms. The maximum absolute atomic E-state index is 5.23. The highest BCUT2D eigenvalue weighted by Gasteiger charge is 2.23. The van der Waals surface area contributed by atoms with Gasteiger partial charge >= 0.3 is 0 Å². The molecule has 1 aliphatic rings. The van der Waals surface area contributed by atoms with Crippen molar-refractivity contribution in [2.75, 3.05) is 19.0 Å². The van der Waals surface area contributed by atoms with E-state index in [2.05, 4.69) is 42.0 Å². The predicted molar refractivity (Wildman–Crippen MR) is 80.6 cm³/mol. The number of ether oxygens (including phenoxy) is 1. The second-order valence-corrected chi connectivity index (χ2v) is 5.56. The van der Waals surface area contributed by atoms with Crippen LogP contribution in [0.25, 0.3) is 0 Å². The highest BCUT2D eigenvalue weighted by atomic mass is 16.5. The number of hydrogen-bond donors (Lipinski definition) is 1. The van der Waals surface area contributed by atoms with Crippen molar-refractivity contribution in [3.63, 3.8) is 0 Å². The summed E-state index contributed by atoms with van der Waals surface area (Å²) in [4.78, 5) is 0. The molecule has 0 saturated carbocycles. The fraction of sp³-hybridized carbons (Fsp3) is 0.438. The summed E-state index contributed by atoms with van der Waals surface area (Å²) in [5.41, 5.74) is 2.43. The van der Waals surface area contributed by atoms with Crippen molar-refractivity contribution in [3.05, 3.63) is 41.6 Å². The minimum absolute atomic E-state index is 0.310. The Morgan fingerprint density at radius 2 is 2.05 bits per heavy atom. The van der Waals surface area contributed by atoms with Crippen molar-refractivity contribution in [2.24, 2.45) is 0 Å². The van der Waals surface area contributed by atoms with Gasteiger partial charge < -0.3 is 10.1 Å². The standard InChI is InChI=1S/C16H21N3O/c1-11(2)14-10-16-17-9-8-15(19(16)18-14)12-4-6-13(20-3)7-5-12/h4-7,10-11,15,17H,8-9H2,1-3H3. The fourth-order valence-corrected chi connectivity index (χ4v) is 2.66. The van der Waals surface area contributed by atoms with Gasteiger partial charge in [-0.2, -0.15) is 5.10 Å². The molecule has 2 heterocycles. The van der Waals surface area contributed by atoms with Crippen LogP contribution in [0.15, 0.2) is 30.3 Å². The number of aromatic nitrogens is 2. The lowest BCUT2D eigenvalue weighted by Crippen LogP contribution is -2.24. The molecule has 0 aliphatic carbocycles. The van der Waals surface area contributed by atoms with Gasteiger partial charge in [0.1, 0.15) is 11.6 Å². The number of nitrogens with zero attached hydrogens (tertiary/aromatic N) is 2. The van der Waals surface area contributed by atoms with Crippen LogP contribution < -0.4 is 10.1 Å². The lowest BCUT2D eigenvalue weighted by Gasteiger charge is -2.26. The minimum atomic E-state index is 0.310. The van der Waals surface area contributed by atoms with E-state index < -0.39 is 0 Å². The molecule has 0 radical (unpaired) electrons. The van der Waals surface area contributed by atoms with E-state index in [1.165, 1.54) is 5.56 Å². The molecule has 1 atom stereocenters. The van der Waals surface area contributed by atoms with Gasteiger partial charge in [0.25, 0.3) is 0 Å². The Hall–Kier alpha value is -1.97. The average molecular weight is 271 g/mol. The Morgan fingerprint density at radius 3 is 2.70 bits per heavy atom. The van der Waals surface area contributed by atoms with Crippen LogP contribution in [0.2, 0.25) is 0 Å². The lowest BCUT2D eigenvalue weighted by atomic mass is 10.0. The van der Waals surface area contributed by atoms with E-state index in [1.54, 1.807) is 7.11 Å². The Balaban J connectivity index is 1.95. The third-order valence-electron chi connectivity index (χ3n) is 3.87. The topological polar surface area (TPSA) is 39.1 Å². The van der Waals surface area contributed by atoms with Crippen LogP contribution in [0.5, 0.6) is 5.75 Å². The van der Waals surface area contributed by atoms with Gasteiger partial charge in [0.05, 0.1) is 18.8 Å². The van der Waals surface area contributed by atoms with Crippen LogP contribution in [-0.4, -0.2) is 23.4 Å². The zero-order valence-corrected chi connectivity index (χ0v) is 12.3. The summed E-state index contributed by atoms with van der Waals surface area (Å²) >= 11 is 0. The van der Waals surface area contributed by atoms with Crippen molar-refractivity contribution in [1.29, 1.82) is 0 Å². The lowest BCUT2D eigenvalue weighted by molar-refractivity contribution is 0.413. The molecule has 1 aromatic carbocycles.